The van der Waals surface area contributed by atoms with Crippen molar-refractivity contribution in [2.75, 3.05) is 19.7 Å². The highest BCUT2D eigenvalue weighted by atomic mass is 32.1. The summed E-state index contributed by atoms with van der Waals surface area (Å²) < 4.78 is 13.0. The number of aromatic hydroxyl groups is 1. The average Bonchev–Trinajstić information content (AvgIpc) is 3.17. The molecule has 0 bridgehead atoms. The first kappa shape index (κ1) is 25.2. The van der Waals surface area contributed by atoms with Crippen LogP contribution in [0.5, 0.6) is 17.4 Å². The van der Waals surface area contributed by atoms with Crippen molar-refractivity contribution >= 4 is 24.3 Å². The molecular weight excluding hydrogens is 484 g/mol. The zero-order valence-corrected chi connectivity index (χ0v) is 20.8. The van der Waals surface area contributed by atoms with Gasteiger partial charge in [-0.05, 0) is 73.3 Å². The topological polar surface area (TPSA) is 130 Å². The molecule has 190 valence electrons. The highest BCUT2D eigenvalue weighted by Gasteiger charge is 2.25. The zero-order chi connectivity index (χ0) is 25.8. The van der Waals surface area contributed by atoms with Crippen LogP contribution in [0.4, 0.5) is 4.79 Å². The molecule has 1 amide bonds. The molecule has 36 heavy (non-hydrogen) atoms. The third-order valence-electron chi connectivity index (χ3n) is 6.09. The van der Waals surface area contributed by atoms with Gasteiger partial charge in [0.05, 0.1) is 24.1 Å². The summed E-state index contributed by atoms with van der Waals surface area (Å²) >= 11 is 5.31. The number of amides is 1. The molecule has 1 aliphatic rings. The van der Waals surface area contributed by atoms with Crippen molar-refractivity contribution in [1.82, 2.24) is 19.4 Å². The van der Waals surface area contributed by atoms with Gasteiger partial charge in [0.25, 0.3) is 0 Å². The minimum Gasteiger partial charge on any atom is -0.493 e. The first-order valence-corrected chi connectivity index (χ1v) is 12.1. The molecule has 0 unspecified atom stereocenters. The summed E-state index contributed by atoms with van der Waals surface area (Å²) in [4.78, 5) is 32.5. The van der Waals surface area contributed by atoms with Gasteiger partial charge >= 0.3 is 12.1 Å². The van der Waals surface area contributed by atoms with Gasteiger partial charge in [-0.15, -0.1) is 0 Å². The van der Waals surface area contributed by atoms with E-state index in [9.17, 15) is 14.7 Å². The Morgan fingerprint density at radius 1 is 1.14 bits per heavy atom. The summed E-state index contributed by atoms with van der Waals surface area (Å²) in [7, 11) is 0. The Balaban J connectivity index is 1.27. The predicted molar refractivity (Wildman–Crippen MR) is 134 cm³/mol. The Morgan fingerprint density at radius 2 is 1.81 bits per heavy atom. The number of carboxylic acid groups (broad SMARTS) is 1. The van der Waals surface area contributed by atoms with Crippen molar-refractivity contribution in [1.29, 1.82) is 0 Å². The first-order valence-electron chi connectivity index (χ1n) is 11.7. The number of benzene rings is 1. The molecule has 1 aliphatic heterocycles. The number of aromatic nitrogens is 3. The van der Waals surface area contributed by atoms with Crippen LogP contribution in [0.2, 0.25) is 0 Å². The molecule has 11 heteroatoms. The maximum atomic E-state index is 12.6. The molecule has 1 fully saturated rings. The van der Waals surface area contributed by atoms with Crippen LogP contribution in [0.25, 0.3) is 5.82 Å². The number of likely N-dealkylation sites (tertiary alicyclic amines) is 1. The van der Waals surface area contributed by atoms with Crippen molar-refractivity contribution in [3.63, 3.8) is 0 Å². The van der Waals surface area contributed by atoms with E-state index in [1.165, 1.54) is 22.9 Å². The number of piperidine rings is 1. The van der Waals surface area contributed by atoms with Crippen LogP contribution in [-0.4, -0.2) is 61.4 Å². The smallest absolute Gasteiger partial charge is 0.415 e. The quantitative estimate of drug-likeness (QED) is 0.387. The van der Waals surface area contributed by atoms with Crippen LogP contribution in [0.1, 0.15) is 48.7 Å². The second kappa shape index (κ2) is 10.8. The van der Waals surface area contributed by atoms with E-state index in [4.69, 9.17) is 26.8 Å². The third kappa shape index (κ3) is 5.68. The van der Waals surface area contributed by atoms with E-state index in [-0.39, 0.29) is 23.3 Å². The minimum absolute atomic E-state index is 0.0105. The van der Waals surface area contributed by atoms with E-state index >= 15 is 0 Å². The van der Waals surface area contributed by atoms with Crippen molar-refractivity contribution in [3.05, 3.63) is 58.6 Å². The predicted octanol–water partition coefficient (Wildman–Crippen LogP) is 4.75. The lowest BCUT2D eigenvalue weighted by Gasteiger charge is -2.31. The summed E-state index contributed by atoms with van der Waals surface area (Å²) in [5.41, 5.74) is 0.841. The molecule has 0 aliphatic carbocycles. The fourth-order valence-corrected chi connectivity index (χ4v) is 4.27. The number of hydrogen-bond acceptors (Lipinski definition) is 7. The number of aromatic amines is 1. The summed E-state index contributed by atoms with van der Waals surface area (Å²) in [6.07, 6.45) is 2.51. The SMILES string of the molecule is CC(C)c1[nH]c(=S)n(-c2ccc(OC(=O)N3CCC(COc4ccc(C(=O)O)cc4)CC3)cn2)c1O. The van der Waals surface area contributed by atoms with Crippen molar-refractivity contribution in [3.8, 4) is 23.2 Å². The summed E-state index contributed by atoms with van der Waals surface area (Å²) in [5, 5.41) is 19.4. The van der Waals surface area contributed by atoms with Gasteiger partial charge in [-0.2, -0.15) is 0 Å². The number of hydrogen-bond donors (Lipinski definition) is 3. The van der Waals surface area contributed by atoms with Gasteiger partial charge in [-0.1, -0.05) is 13.8 Å². The fraction of sp³-hybridized carbons (Fsp3) is 0.360. The number of carbonyl (C=O) groups is 2. The van der Waals surface area contributed by atoms with E-state index in [2.05, 4.69) is 9.97 Å². The van der Waals surface area contributed by atoms with Crippen LogP contribution in [0.15, 0.2) is 42.6 Å². The van der Waals surface area contributed by atoms with Crippen LogP contribution >= 0.6 is 12.2 Å². The van der Waals surface area contributed by atoms with Crippen LogP contribution < -0.4 is 9.47 Å². The number of H-pyrrole nitrogens is 1. The first-order chi connectivity index (χ1) is 17.2. The molecule has 4 rings (SSSR count). The normalized spacial score (nSPS) is 14.1. The molecule has 3 aromatic rings. The van der Waals surface area contributed by atoms with Crippen LogP contribution in [0.3, 0.4) is 0 Å². The Labute approximate surface area is 213 Å². The molecule has 0 atom stereocenters. The van der Waals surface area contributed by atoms with Gasteiger partial charge in [0.2, 0.25) is 5.88 Å². The van der Waals surface area contributed by atoms with Gasteiger partial charge in [-0.3, -0.25) is 0 Å². The van der Waals surface area contributed by atoms with E-state index in [1.54, 1.807) is 29.2 Å². The molecule has 0 saturated carbocycles. The van der Waals surface area contributed by atoms with Crippen molar-refractivity contribution in [2.45, 2.75) is 32.6 Å². The number of nitrogens with zero attached hydrogens (tertiary/aromatic N) is 3. The number of imidazole rings is 1. The van der Waals surface area contributed by atoms with Crippen molar-refractivity contribution < 1.29 is 29.3 Å². The molecule has 1 aromatic carbocycles. The Hall–Kier alpha value is -3.86. The number of ether oxygens (including phenoxy) is 2. The third-order valence-corrected chi connectivity index (χ3v) is 6.37. The minimum atomic E-state index is -0.975. The molecular formula is C25H28N4O6S. The lowest BCUT2D eigenvalue weighted by atomic mass is 9.98. The Kier molecular flexibility index (Phi) is 7.58. The average molecular weight is 513 g/mol. The Morgan fingerprint density at radius 3 is 2.36 bits per heavy atom. The number of aromatic carboxylic acids is 1. The molecule has 3 heterocycles. The second-order valence-electron chi connectivity index (χ2n) is 8.95. The van der Waals surface area contributed by atoms with Gasteiger partial charge in [0, 0.05) is 13.1 Å². The van der Waals surface area contributed by atoms with Gasteiger partial charge in [0.15, 0.2) is 10.5 Å². The molecule has 3 N–H and O–H groups in total. The highest BCUT2D eigenvalue weighted by Crippen LogP contribution is 2.28. The molecule has 10 nitrogen and oxygen atoms in total. The van der Waals surface area contributed by atoms with E-state index in [0.717, 1.165) is 12.8 Å². The molecule has 0 radical (unpaired) electrons. The number of carboxylic acids is 1. The Bertz CT molecular complexity index is 1280. The van der Waals surface area contributed by atoms with Crippen LogP contribution in [-0.2, 0) is 0 Å². The monoisotopic (exact) mass is 512 g/mol. The van der Waals surface area contributed by atoms with E-state index < -0.39 is 12.1 Å². The maximum Gasteiger partial charge on any atom is 0.415 e. The summed E-state index contributed by atoms with van der Waals surface area (Å²) in [6, 6.07) is 9.54. The van der Waals surface area contributed by atoms with Gasteiger partial charge in [-0.25, -0.2) is 19.1 Å². The van der Waals surface area contributed by atoms with E-state index in [0.29, 0.717) is 47.5 Å². The molecule has 2 aromatic heterocycles. The van der Waals surface area contributed by atoms with Crippen LogP contribution in [0, 0.1) is 10.7 Å². The summed E-state index contributed by atoms with van der Waals surface area (Å²) in [6.45, 7) is 5.46. The van der Waals surface area contributed by atoms with E-state index in [1.807, 2.05) is 13.8 Å². The number of pyridine rings is 1. The lowest BCUT2D eigenvalue weighted by Crippen LogP contribution is -2.41. The lowest BCUT2D eigenvalue weighted by molar-refractivity contribution is 0.0696. The highest BCUT2D eigenvalue weighted by molar-refractivity contribution is 7.71. The number of rotatable bonds is 7. The molecule has 0 spiro atoms. The van der Waals surface area contributed by atoms with Gasteiger partial charge < -0.3 is 29.6 Å². The summed E-state index contributed by atoms with van der Waals surface area (Å²) in [5.74, 6) is 0.711. The number of nitrogens with one attached hydrogen (secondary N) is 1. The largest absolute Gasteiger partial charge is 0.493 e. The zero-order valence-electron chi connectivity index (χ0n) is 20.0. The number of carbonyl (C=O) groups excluding carboxylic acids is 1. The maximum absolute atomic E-state index is 12.6. The van der Waals surface area contributed by atoms with Gasteiger partial charge in [0.1, 0.15) is 11.6 Å². The fourth-order valence-electron chi connectivity index (χ4n) is 3.98. The second-order valence-corrected chi connectivity index (χ2v) is 9.34. The molecule has 1 saturated heterocycles. The van der Waals surface area contributed by atoms with Crippen molar-refractivity contribution in [2.24, 2.45) is 5.92 Å². The standard InChI is InChI=1S/C25H28N4O6S/c1-15(2)21-22(30)29(24(36)27-21)20-8-7-19(13-26-20)35-25(33)28-11-9-16(10-12-28)14-34-18-5-3-17(4-6-18)23(31)32/h3-8,13,15-16,30H,9-12,14H2,1-2H3,(H,27,36)(H,31,32).